The van der Waals surface area contributed by atoms with Crippen LogP contribution in [0.25, 0.3) is 0 Å². The molecule has 1 N–H and O–H groups in total. The zero-order valence-electron chi connectivity index (χ0n) is 13.6. The molecule has 0 unspecified atom stereocenters. The van der Waals surface area contributed by atoms with E-state index in [9.17, 15) is 4.79 Å². The number of rotatable bonds is 6. The van der Waals surface area contributed by atoms with E-state index in [1.165, 1.54) is 10.4 Å². The lowest BCUT2D eigenvalue weighted by atomic mass is 10.1. The predicted octanol–water partition coefficient (Wildman–Crippen LogP) is 3.63. The number of aryl methyl sites for hydroxylation is 1. The van der Waals surface area contributed by atoms with Crippen molar-refractivity contribution in [2.45, 2.75) is 38.3 Å². The highest BCUT2D eigenvalue weighted by Gasteiger charge is 2.27. The van der Waals surface area contributed by atoms with E-state index in [0.29, 0.717) is 18.5 Å². The number of carbonyl (C=O) groups excluding carboxylic acids is 1. The highest BCUT2D eigenvalue weighted by atomic mass is 32.1. The number of nitrogens with one attached hydrogen (secondary N) is 1. The molecule has 2 atom stereocenters. The number of hydrogen-bond acceptors (Lipinski definition) is 3. The summed E-state index contributed by atoms with van der Waals surface area (Å²) in [5, 5.41) is 5.77. The third-order valence-corrected chi connectivity index (χ3v) is 5.52. The van der Waals surface area contributed by atoms with Gasteiger partial charge in [0, 0.05) is 36.5 Å². The molecule has 0 saturated carbocycles. The van der Waals surface area contributed by atoms with Crippen molar-refractivity contribution in [3.05, 3.63) is 58.3 Å². The van der Waals surface area contributed by atoms with Crippen LogP contribution in [0.2, 0.25) is 0 Å². The summed E-state index contributed by atoms with van der Waals surface area (Å²) >= 11 is 1.78. The topological polar surface area (TPSA) is 32.3 Å². The van der Waals surface area contributed by atoms with Crippen molar-refractivity contribution >= 4 is 17.2 Å². The maximum Gasteiger partial charge on any atom is 0.222 e. The van der Waals surface area contributed by atoms with Crippen LogP contribution in [0.3, 0.4) is 0 Å². The molecule has 3 nitrogen and oxygen atoms in total. The Labute approximate surface area is 142 Å². The summed E-state index contributed by atoms with van der Waals surface area (Å²) in [6, 6.07) is 15.3. The van der Waals surface area contributed by atoms with Gasteiger partial charge in [0.2, 0.25) is 5.91 Å². The summed E-state index contributed by atoms with van der Waals surface area (Å²) in [5.74, 6) is 0.280. The zero-order valence-corrected chi connectivity index (χ0v) is 14.4. The number of nitrogens with zero attached hydrogens (tertiary/aromatic N) is 1. The van der Waals surface area contributed by atoms with Crippen molar-refractivity contribution in [2.24, 2.45) is 0 Å². The molecule has 0 radical (unpaired) electrons. The Kier molecular flexibility index (Phi) is 5.47. The summed E-state index contributed by atoms with van der Waals surface area (Å²) < 4.78 is 0. The second-order valence-electron chi connectivity index (χ2n) is 6.21. The van der Waals surface area contributed by atoms with Crippen LogP contribution in [0, 0.1) is 0 Å². The molecule has 122 valence electrons. The van der Waals surface area contributed by atoms with Crippen molar-refractivity contribution in [3.8, 4) is 0 Å². The van der Waals surface area contributed by atoms with E-state index in [1.54, 1.807) is 11.3 Å². The fourth-order valence-electron chi connectivity index (χ4n) is 3.15. The Morgan fingerprint density at radius 3 is 2.87 bits per heavy atom. The average molecular weight is 328 g/mol. The number of likely N-dealkylation sites (tertiary alicyclic amines) is 1. The van der Waals surface area contributed by atoms with Gasteiger partial charge in [0.05, 0.1) is 0 Å². The Hall–Kier alpha value is -1.65. The van der Waals surface area contributed by atoms with Crippen LogP contribution in [0.15, 0.2) is 47.8 Å². The average Bonchev–Trinajstić information content (AvgIpc) is 3.25. The van der Waals surface area contributed by atoms with Crippen LogP contribution >= 0.6 is 11.3 Å². The lowest BCUT2D eigenvalue weighted by Gasteiger charge is -2.20. The molecule has 3 rings (SSSR count). The molecular weight excluding hydrogens is 304 g/mol. The van der Waals surface area contributed by atoms with E-state index in [0.717, 1.165) is 25.9 Å². The van der Waals surface area contributed by atoms with Crippen LogP contribution in [0.4, 0.5) is 0 Å². The van der Waals surface area contributed by atoms with Gasteiger partial charge in [-0.15, -0.1) is 11.3 Å². The molecule has 2 aromatic rings. The lowest BCUT2D eigenvalue weighted by molar-refractivity contribution is -0.130. The van der Waals surface area contributed by atoms with Gasteiger partial charge >= 0.3 is 0 Å². The van der Waals surface area contributed by atoms with Gasteiger partial charge in [0.1, 0.15) is 0 Å². The molecule has 1 saturated heterocycles. The van der Waals surface area contributed by atoms with Crippen molar-refractivity contribution in [3.63, 3.8) is 0 Å². The number of hydrogen-bond donors (Lipinski definition) is 1. The van der Waals surface area contributed by atoms with Gasteiger partial charge in [0.25, 0.3) is 0 Å². The largest absolute Gasteiger partial charge is 0.341 e. The maximum absolute atomic E-state index is 12.4. The molecule has 1 aromatic carbocycles. The lowest BCUT2D eigenvalue weighted by Crippen LogP contribution is -2.36. The van der Waals surface area contributed by atoms with Crippen LogP contribution in [0.1, 0.15) is 36.2 Å². The highest BCUT2D eigenvalue weighted by Crippen LogP contribution is 2.21. The van der Waals surface area contributed by atoms with Crippen LogP contribution in [-0.4, -0.2) is 29.9 Å². The molecule has 0 aliphatic carbocycles. The smallest absolute Gasteiger partial charge is 0.222 e. The van der Waals surface area contributed by atoms with Gasteiger partial charge in [0.15, 0.2) is 0 Å². The third kappa shape index (κ3) is 4.43. The van der Waals surface area contributed by atoms with Crippen molar-refractivity contribution < 1.29 is 4.79 Å². The zero-order chi connectivity index (χ0) is 16.1. The van der Waals surface area contributed by atoms with Crippen molar-refractivity contribution in [1.29, 1.82) is 0 Å². The van der Waals surface area contributed by atoms with Gasteiger partial charge in [-0.3, -0.25) is 4.79 Å². The second kappa shape index (κ2) is 7.75. The fourth-order valence-corrected chi connectivity index (χ4v) is 3.89. The van der Waals surface area contributed by atoms with Crippen LogP contribution < -0.4 is 5.32 Å². The second-order valence-corrected chi connectivity index (χ2v) is 7.19. The van der Waals surface area contributed by atoms with Gasteiger partial charge < -0.3 is 10.2 Å². The number of amides is 1. The summed E-state index contributed by atoms with van der Waals surface area (Å²) in [6.07, 6.45) is 2.49. The summed E-state index contributed by atoms with van der Waals surface area (Å²) in [7, 11) is 0. The first-order valence-corrected chi connectivity index (χ1v) is 9.21. The Bertz CT molecular complexity index is 612. The summed E-state index contributed by atoms with van der Waals surface area (Å²) in [6.45, 7) is 3.91. The fraction of sp³-hybridized carbons (Fsp3) is 0.421. The molecule has 23 heavy (non-hydrogen) atoms. The van der Waals surface area contributed by atoms with Gasteiger partial charge in [-0.25, -0.2) is 0 Å². The normalized spacial score (nSPS) is 19.0. The predicted molar refractivity (Wildman–Crippen MR) is 95.6 cm³/mol. The van der Waals surface area contributed by atoms with Gasteiger partial charge in [-0.1, -0.05) is 36.4 Å². The number of thiophene rings is 1. The van der Waals surface area contributed by atoms with Gasteiger partial charge in [-0.2, -0.15) is 0 Å². The Morgan fingerprint density at radius 2 is 2.13 bits per heavy atom. The standard InChI is InChI=1S/C19H24N2OS/c1-15(18-8-5-13-23-18)20-17-11-12-21(14-17)19(22)10-9-16-6-3-2-4-7-16/h2-8,13,15,17,20H,9-12,14H2,1H3/t15-,17-/m0/s1. The Balaban J connectivity index is 1.44. The van der Waals surface area contributed by atoms with Crippen LogP contribution in [-0.2, 0) is 11.2 Å². The molecule has 1 aliphatic heterocycles. The summed E-state index contributed by atoms with van der Waals surface area (Å²) in [5.41, 5.74) is 1.24. The first-order chi connectivity index (χ1) is 11.2. The SMILES string of the molecule is C[C@H](N[C@H]1CCN(C(=O)CCc2ccccc2)C1)c1cccs1. The minimum absolute atomic E-state index is 0.280. The third-order valence-electron chi connectivity index (χ3n) is 4.47. The van der Waals surface area contributed by atoms with E-state index in [4.69, 9.17) is 0 Å². The molecule has 0 spiro atoms. The maximum atomic E-state index is 12.4. The molecule has 2 heterocycles. The highest BCUT2D eigenvalue weighted by molar-refractivity contribution is 7.10. The van der Waals surface area contributed by atoms with E-state index in [1.807, 2.05) is 23.1 Å². The molecule has 0 bridgehead atoms. The van der Waals surface area contributed by atoms with E-state index in [-0.39, 0.29) is 5.91 Å². The van der Waals surface area contributed by atoms with E-state index >= 15 is 0 Å². The van der Waals surface area contributed by atoms with E-state index in [2.05, 4.69) is 41.9 Å². The van der Waals surface area contributed by atoms with Crippen molar-refractivity contribution in [2.75, 3.05) is 13.1 Å². The first-order valence-electron chi connectivity index (χ1n) is 8.33. The number of carbonyl (C=O) groups is 1. The van der Waals surface area contributed by atoms with E-state index < -0.39 is 0 Å². The Morgan fingerprint density at radius 1 is 1.30 bits per heavy atom. The molecule has 1 aromatic heterocycles. The monoisotopic (exact) mass is 328 g/mol. The number of benzene rings is 1. The van der Waals surface area contributed by atoms with Crippen molar-refractivity contribution in [1.82, 2.24) is 10.2 Å². The minimum atomic E-state index is 0.280. The molecule has 1 fully saturated rings. The molecule has 4 heteroatoms. The molecule has 1 amide bonds. The summed E-state index contributed by atoms with van der Waals surface area (Å²) in [4.78, 5) is 15.8. The first kappa shape index (κ1) is 16.2. The van der Waals surface area contributed by atoms with Crippen LogP contribution in [0.5, 0.6) is 0 Å². The molecular formula is C19H24N2OS. The van der Waals surface area contributed by atoms with Gasteiger partial charge in [-0.05, 0) is 36.8 Å². The minimum Gasteiger partial charge on any atom is -0.341 e. The quantitative estimate of drug-likeness (QED) is 0.878. The molecule has 1 aliphatic rings.